The van der Waals surface area contributed by atoms with E-state index in [1.165, 1.54) is 6.20 Å². The smallest absolute Gasteiger partial charge is 0.271 e. The number of nitrogens with zero attached hydrogens (tertiary/aromatic N) is 2. The molecule has 0 aliphatic heterocycles. The number of H-pyrrole nitrogens is 1. The van der Waals surface area contributed by atoms with E-state index < -0.39 is 18.6 Å². The number of aromatic nitrogens is 3. The van der Waals surface area contributed by atoms with E-state index in [1.807, 2.05) is 0 Å². The second-order valence-corrected chi connectivity index (χ2v) is 3.12. The molecular weight excluding hydrogens is 211 g/mol. The van der Waals surface area contributed by atoms with E-state index in [1.54, 1.807) is 0 Å². The van der Waals surface area contributed by atoms with Gasteiger partial charge in [0.1, 0.15) is 5.69 Å². The number of halogens is 3. The lowest BCUT2D eigenvalue weighted by Gasteiger charge is -2.13. The molecule has 0 spiro atoms. The van der Waals surface area contributed by atoms with E-state index >= 15 is 0 Å². The average Bonchev–Trinajstić information content (AvgIpc) is 2.63. The van der Waals surface area contributed by atoms with Gasteiger partial charge in [0.25, 0.3) is 0 Å². The Morgan fingerprint density at radius 3 is 2.73 bits per heavy atom. The Bertz CT molecular complexity index is 271. The normalized spacial score (nSPS) is 14.1. The van der Waals surface area contributed by atoms with Crippen molar-refractivity contribution in [3.63, 3.8) is 0 Å². The molecule has 15 heavy (non-hydrogen) atoms. The van der Waals surface area contributed by atoms with Crippen molar-refractivity contribution in [2.24, 2.45) is 5.84 Å². The van der Waals surface area contributed by atoms with Crippen LogP contribution < -0.4 is 11.3 Å². The molecule has 1 rings (SSSR count). The topological polar surface area (TPSA) is 79.6 Å². The van der Waals surface area contributed by atoms with E-state index in [0.29, 0.717) is 5.69 Å². The lowest BCUT2D eigenvalue weighted by Crippen LogP contribution is -2.28. The minimum absolute atomic E-state index is 0.00519. The van der Waals surface area contributed by atoms with Gasteiger partial charge in [-0.15, -0.1) is 0 Å². The third-order valence-corrected chi connectivity index (χ3v) is 1.94. The van der Waals surface area contributed by atoms with Gasteiger partial charge in [-0.05, 0) is 12.8 Å². The zero-order valence-electron chi connectivity index (χ0n) is 7.88. The number of hydrogen-bond donors (Lipinski definition) is 3. The highest BCUT2D eigenvalue weighted by molar-refractivity contribution is 4.98. The van der Waals surface area contributed by atoms with Crippen LogP contribution in [0.3, 0.4) is 0 Å². The van der Waals surface area contributed by atoms with Crippen LogP contribution in [0.1, 0.15) is 31.0 Å². The van der Waals surface area contributed by atoms with Crippen LogP contribution in [0.2, 0.25) is 0 Å². The minimum Gasteiger partial charge on any atom is -0.271 e. The van der Waals surface area contributed by atoms with Crippen LogP contribution in [0.4, 0.5) is 13.2 Å². The van der Waals surface area contributed by atoms with Crippen molar-refractivity contribution in [2.75, 3.05) is 0 Å². The largest absolute Gasteiger partial charge is 0.389 e. The molecule has 0 bridgehead atoms. The van der Waals surface area contributed by atoms with Crippen molar-refractivity contribution in [1.82, 2.24) is 20.8 Å². The van der Waals surface area contributed by atoms with E-state index in [2.05, 4.69) is 20.8 Å². The predicted molar refractivity (Wildman–Crippen MR) is 46.4 cm³/mol. The van der Waals surface area contributed by atoms with Gasteiger partial charge >= 0.3 is 6.18 Å². The van der Waals surface area contributed by atoms with Crippen LogP contribution in [0, 0.1) is 0 Å². The zero-order chi connectivity index (χ0) is 11.3. The molecule has 0 radical (unpaired) electrons. The number of aromatic amines is 1. The molecule has 0 aliphatic rings. The third-order valence-electron chi connectivity index (χ3n) is 1.94. The molecule has 1 heterocycles. The number of rotatable bonds is 5. The SMILES string of the molecule is NNC(CCCC(F)(F)F)c1cn[nH]n1. The Morgan fingerprint density at radius 1 is 1.53 bits per heavy atom. The Morgan fingerprint density at radius 2 is 2.27 bits per heavy atom. The standard InChI is InChI=1S/C7H12F3N5/c8-7(9,10)3-1-2-5(13-11)6-4-12-15-14-6/h4-5,13H,1-3,11H2,(H,12,14,15). The highest BCUT2D eigenvalue weighted by Gasteiger charge is 2.27. The van der Waals surface area contributed by atoms with Crippen LogP contribution in [0.5, 0.6) is 0 Å². The summed E-state index contributed by atoms with van der Waals surface area (Å²) >= 11 is 0. The highest BCUT2D eigenvalue weighted by Crippen LogP contribution is 2.25. The van der Waals surface area contributed by atoms with Gasteiger partial charge in [-0.25, -0.2) is 0 Å². The maximum atomic E-state index is 11.9. The molecule has 86 valence electrons. The minimum atomic E-state index is -4.12. The number of hydrogen-bond acceptors (Lipinski definition) is 4. The van der Waals surface area contributed by atoms with Crippen LogP contribution in [-0.2, 0) is 0 Å². The molecule has 0 aliphatic carbocycles. The molecule has 0 saturated carbocycles. The van der Waals surface area contributed by atoms with Gasteiger partial charge in [0.15, 0.2) is 0 Å². The van der Waals surface area contributed by atoms with Gasteiger partial charge in [0.05, 0.1) is 12.2 Å². The summed E-state index contributed by atoms with van der Waals surface area (Å²) in [6.45, 7) is 0. The lowest BCUT2D eigenvalue weighted by atomic mass is 10.1. The molecule has 1 aromatic rings. The first-order chi connectivity index (χ1) is 7.03. The second kappa shape index (κ2) is 5.08. The Balaban J connectivity index is 2.36. The van der Waals surface area contributed by atoms with Crippen molar-refractivity contribution in [3.05, 3.63) is 11.9 Å². The monoisotopic (exact) mass is 223 g/mol. The highest BCUT2D eigenvalue weighted by atomic mass is 19.4. The number of hydrazine groups is 1. The molecule has 0 amide bonds. The lowest BCUT2D eigenvalue weighted by molar-refractivity contribution is -0.135. The molecule has 8 heteroatoms. The first-order valence-electron chi connectivity index (χ1n) is 4.41. The number of nitrogens with one attached hydrogen (secondary N) is 2. The maximum absolute atomic E-state index is 11.9. The van der Waals surface area contributed by atoms with Gasteiger partial charge < -0.3 is 0 Å². The van der Waals surface area contributed by atoms with Gasteiger partial charge in [-0.3, -0.25) is 11.3 Å². The third kappa shape index (κ3) is 4.26. The molecule has 4 N–H and O–H groups in total. The first-order valence-corrected chi connectivity index (χ1v) is 4.41. The summed E-state index contributed by atoms with van der Waals surface area (Å²) in [5.41, 5.74) is 2.91. The number of nitrogens with two attached hydrogens (primary N) is 1. The summed E-state index contributed by atoms with van der Waals surface area (Å²) in [5, 5.41) is 9.67. The molecule has 0 saturated heterocycles. The van der Waals surface area contributed by atoms with Crippen molar-refractivity contribution < 1.29 is 13.2 Å². The van der Waals surface area contributed by atoms with E-state index in [0.717, 1.165) is 0 Å². The van der Waals surface area contributed by atoms with Gasteiger partial charge in [0, 0.05) is 6.42 Å². The summed E-state index contributed by atoms with van der Waals surface area (Å²) in [6, 6.07) is -0.397. The van der Waals surface area contributed by atoms with Crippen molar-refractivity contribution in [2.45, 2.75) is 31.5 Å². The Labute approximate surface area is 84.2 Å². The van der Waals surface area contributed by atoms with E-state index in [-0.39, 0.29) is 12.8 Å². The van der Waals surface area contributed by atoms with Crippen LogP contribution in [-0.4, -0.2) is 21.6 Å². The van der Waals surface area contributed by atoms with Crippen LogP contribution >= 0.6 is 0 Å². The summed E-state index contributed by atoms with van der Waals surface area (Å²) in [4.78, 5) is 0. The first kappa shape index (κ1) is 11.9. The molecule has 1 unspecified atom stereocenters. The van der Waals surface area contributed by atoms with Gasteiger partial charge in [0.2, 0.25) is 0 Å². The zero-order valence-corrected chi connectivity index (χ0v) is 7.88. The fourth-order valence-corrected chi connectivity index (χ4v) is 1.20. The van der Waals surface area contributed by atoms with Crippen LogP contribution in [0.25, 0.3) is 0 Å². The van der Waals surface area contributed by atoms with Gasteiger partial charge in [-0.2, -0.15) is 28.6 Å². The van der Waals surface area contributed by atoms with Crippen molar-refractivity contribution >= 4 is 0 Å². The Hall–Kier alpha value is -1.15. The summed E-state index contributed by atoms with van der Waals surface area (Å²) in [5.74, 6) is 5.20. The molecule has 5 nitrogen and oxygen atoms in total. The summed E-state index contributed by atoms with van der Waals surface area (Å²) in [6.07, 6.45) is -3.24. The van der Waals surface area contributed by atoms with Gasteiger partial charge in [-0.1, -0.05) is 0 Å². The van der Waals surface area contributed by atoms with E-state index in [4.69, 9.17) is 5.84 Å². The molecule has 1 atom stereocenters. The van der Waals surface area contributed by atoms with Crippen molar-refractivity contribution in [3.8, 4) is 0 Å². The van der Waals surface area contributed by atoms with E-state index in [9.17, 15) is 13.2 Å². The molecule has 0 aromatic carbocycles. The number of alkyl halides is 3. The quantitative estimate of drug-likeness (QED) is 0.514. The average molecular weight is 223 g/mol. The summed E-state index contributed by atoms with van der Waals surface area (Å²) < 4.78 is 35.6. The molecule has 0 fully saturated rings. The second-order valence-electron chi connectivity index (χ2n) is 3.12. The fraction of sp³-hybridized carbons (Fsp3) is 0.714. The summed E-state index contributed by atoms with van der Waals surface area (Å²) in [7, 11) is 0. The van der Waals surface area contributed by atoms with Crippen molar-refractivity contribution in [1.29, 1.82) is 0 Å². The maximum Gasteiger partial charge on any atom is 0.389 e. The fourth-order valence-electron chi connectivity index (χ4n) is 1.20. The predicted octanol–water partition coefficient (Wildman–Crippen LogP) is 1.04. The van der Waals surface area contributed by atoms with Crippen LogP contribution in [0.15, 0.2) is 6.20 Å². The molecule has 1 aromatic heterocycles. The Kier molecular flexibility index (Phi) is 4.04. The molecular formula is C7H12F3N5.